The first kappa shape index (κ1) is 30.5. The quantitative estimate of drug-likeness (QED) is 0.537. The number of morpholine rings is 2. The molecular formula is C31H52N4O6. The molecule has 10 nitrogen and oxygen atoms in total. The lowest BCUT2D eigenvalue weighted by Crippen LogP contribution is -2.61. The van der Waals surface area contributed by atoms with Crippen molar-refractivity contribution in [1.29, 1.82) is 0 Å². The number of ether oxygens (including phenoxy) is 3. The number of hydrogen-bond acceptors (Lipinski definition) is 7. The zero-order valence-corrected chi connectivity index (χ0v) is 25.5. The Morgan fingerprint density at radius 2 is 1.20 bits per heavy atom. The van der Waals surface area contributed by atoms with Crippen molar-refractivity contribution in [2.75, 3.05) is 39.4 Å². The van der Waals surface area contributed by atoms with E-state index in [0.717, 1.165) is 64.5 Å². The van der Waals surface area contributed by atoms with Crippen LogP contribution in [0.5, 0.6) is 0 Å². The second-order valence-electron chi connectivity index (χ2n) is 13.7. The number of likely N-dealkylation sites (tertiary alicyclic amines) is 1. The Morgan fingerprint density at radius 3 is 1.68 bits per heavy atom. The first-order valence-electron chi connectivity index (χ1n) is 16.3. The number of nitrogens with zero attached hydrogens (tertiary/aromatic N) is 3. The summed E-state index contributed by atoms with van der Waals surface area (Å²) in [7, 11) is 0. The van der Waals surface area contributed by atoms with Gasteiger partial charge in [-0.2, -0.15) is 0 Å². The molecule has 4 saturated heterocycles. The zero-order chi connectivity index (χ0) is 29.0. The highest BCUT2D eigenvalue weighted by Gasteiger charge is 2.43. The molecule has 6 aliphatic rings. The molecule has 232 valence electrons. The average Bonchev–Trinajstić information content (AvgIpc) is 2.97. The third-order valence-corrected chi connectivity index (χ3v) is 9.68. The molecule has 0 aromatic heterocycles. The van der Waals surface area contributed by atoms with Crippen molar-refractivity contribution in [3.63, 3.8) is 0 Å². The minimum atomic E-state index is -0.469. The Morgan fingerprint density at radius 1 is 0.732 bits per heavy atom. The van der Waals surface area contributed by atoms with Crippen LogP contribution >= 0.6 is 0 Å². The lowest BCUT2D eigenvalue weighted by atomic mass is 9.87. The van der Waals surface area contributed by atoms with Crippen molar-refractivity contribution in [1.82, 2.24) is 20.0 Å². The normalized spacial score (nSPS) is 32.0. The smallest absolute Gasteiger partial charge is 0.410 e. The lowest BCUT2D eigenvalue weighted by molar-refractivity contribution is -0.167. The van der Waals surface area contributed by atoms with Crippen molar-refractivity contribution in [2.45, 2.75) is 140 Å². The lowest BCUT2D eigenvalue weighted by Gasteiger charge is -2.49. The molecule has 4 atom stereocenters. The Bertz CT molecular complexity index is 911. The van der Waals surface area contributed by atoms with E-state index in [1.54, 1.807) is 4.90 Å². The largest absolute Gasteiger partial charge is 0.444 e. The van der Waals surface area contributed by atoms with E-state index in [2.05, 4.69) is 15.1 Å². The van der Waals surface area contributed by atoms with Crippen LogP contribution in [0.3, 0.4) is 0 Å². The summed E-state index contributed by atoms with van der Waals surface area (Å²) in [5.41, 5.74) is -0.469. The highest BCUT2D eigenvalue weighted by Crippen LogP contribution is 2.34. The van der Waals surface area contributed by atoms with Crippen LogP contribution in [0, 0.1) is 0 Å². The molecule has 10 heteroatoms. The molecule has 2 aliphatic carbocycles. The predicted molar refractivity (Wildman–Crippen MR) is 154 cm³/mol. The Labute approximate surface area is 245 Å². The van der Waals surface area contributed by atoms with Crippen LogP contribution in [0.1, 0.15) is 97.8 Å². The average molecular weight is 577 g/mol. The van der Waals surface area contributed by atoms with Crippen molar-refractivity contribution in [3.05, 3.63) is 0 Å². The van der Waals surface area contributed by atoms with E-state index in [1.807, 2.05) is 20.8 Å². The SMILES string of the molecule is CC(C)(C)OC(=O)N1CCC(N2C(=O)CO[C@H]3CCCCC32)CC1.O=C1CO[C@H]2CCCCC2N1C1CCNCC1. The molecular weight excluding hydrogens is 524 g/mol. The minimum Gasteiger partial charge on any atom is -0.444 e. The summed E-state index contributed by atoms with van der Waals surface area (Å²) in [6.07, 6.45) is 13.4. The number of amides is 3. The van der Waals surface area contributed by atoms with Gasteiger partial charge in [-0.3, -0.25) is 9.59 Å². The van der Waals surface area contributed by atoms with Crippen molar-refractivity contribution in [2.24, 2.45) is 0 Å². The number of nitrogens with one attached hydrogen (secondary N) is 1. The van der Waals surface area contributed by atoms with Crippen LogP contribution in [0.4, 0.5) is 4.79 Å². The summed E-state index contributed by atoms with van der Waals surface area (Å²) in [5.74, 6) is 0.342. The molecule has 4 aliphatic heterocycles. The molecule has 41 heavy (non-hydrogen) atoms. The monoisotopic (exact) mass is 576 g/mol. The molecule has 0 radical (unpaired) electrons. The molecule has 3 amide bonds. The molecule has 1 N–H and O–H groups in total. The number of piperidine rings is 2. The van der Waals surface area contributed by atoms with Gasteiger partial charge in [0.2, 0.25) is 11.8 Å². The molecule has 2 unspecified atom stereocenters. The summed E-state index contributed by atoms with van der Waals surface area (Å²) in [5, 5.41) is 3.37. The topological polar surface area (TPSA) is 101 Å². The molecule has 6 fully saturated rings. The Hall–Kier alpha value is -1.91. The third-order valence-electron chi connectivity index (χ3n) is 9.68. The van der Waals surface area contributed by atoms with Gasteiger partial charge in [0.05, 0.1) is 24.3 Å². The van der Waals surface area contributed by atoms with Crippen LogP contribution in [-0.4, -0.2) is 114 Å². The minimum absolute atomic E-state index is 0.119. The maximum atomic E-state index is 12.4. The summed E-state index contributed by atoms with van der Waals surface area (Å²) < 4.78 is 16.9. The van der Waals surface area contributed by atoms with Gasteiger partial charge >= 0.3 is 6.09 Å². The van der Waals surface area contributed by atoms with Gasteiger partial charge in [0.25, 0.3) is 0 Å². The number of carbonyl (C=O) groups excluding carboxylic acids is 3. The van der Waals surface area contributed by atoms with Gasteiger partial charge in [-0.05, 0) is 85.2 Å². The highest BCUT2D eigenvalue weighted by atomic mass is 16.6. The number of rotatable bonds is 2. The third kappa shape index (κ3) is 7.54. The van der Waals surface area contributed by atoms with E-state index >= 15 is 0 Å². The van der Waals surface area contributed by atoms with Crippen LogP contribution in [0.15, 0.2) is 0 Å². The molecule has 2 saturated carbocycles. The van der Waals surface area contributed by atoms with E-state index < -0.39 is 5.60 Å². The fourth-order valence-corrected chi connectivity index (χ4v) is 7.74. The van der Waals surface area contributed by atoms with Crippen LogP contribution in [0.25, 0.3) is 0 Å². The van der Waals surface area contributed by atoms with Gasteiger partial charge in [0.15, 0.2) is 0 Å². The van der Waals surface area contributed by atoms with Gasteiger partial charge in [-0.25, -0.2) is 4.79 Å². The molecule has 0 spiro atoms. The molecule has 6 rings (SSSR count). The zero-order valence-electron chi connectivity index (χ0n) is 25.5. The molecule has 4 heterocycles. The standard InChI is InChI=1S/C18H30N2O4.C13H22N2O2/c1-18(2,3)24-17(22)19-10-8-13(9-11-19)20-14-6-4-5-7-15(14)23-12-16(20)21;16-13-9-17-12-4-2-1-3-11(12)15(13)10-5-7-14-8-6-10/h13-15H,4-12H2,1-3H3;10-12,14H,1-9H2/t14?,15-;11?,12-/m00/s1. The number of hydrogen-bond donors (Lipinski definition) is 1. The fraction of sp³-hybridized carbons (Fsp3) is 0.903. The maximum absolute atomic E-state index is 12.4. The highest BCUT2D eigenvalue weighted by molar-refractivity contribution is 5.79. The van der Waals surface area contributed by atoms with E-state index in [0.29, 0.717) is 37.9 Å². The summed E-state index contributed by atoms with van der Waals surface area (Å²) >= 11 is 0. The van der Waals surface area contributed by atoms with Crippen molar-refractivity contribution < 1.29 is 28.6 Å². The molecule has 0 aromatic rings. The van der Waals surface area contributed by atoms with Gasteiger partial charge in [-0.1, -0.05) is 25.7 Å². The summed E-state index contributed by atoms with van der Waals surface area (Å²) in [6.45, 7) is 9.58. The van der Waals surface area contributed by atoms with Gasteiger partial charge in [0.1, 0.15) is 18.8 Å². The van der Waals surface area contributed by atoms with Crippen molar-refractivity contribution >= 4 is 17.9 Å². The van der Waals surface area contributed by atoms with Crippen molar-refractivity contribution in [3.8, 4) is 0 Å². The van der Waals surface area contributed by atoms with E-state index in [1.165, 1.54) is 25.7 Å². The van der Waals surface area contributed by atoms with Crippen LogP contribution in [0.2, 0.25) is 0 Å². The summed E-state index contributed by atoms with van der Waals surface area (Å²) in [4.78, 5) is 42.8. The first-order valence-corrected chi connectivity index (χ1v) is 16.3. The van der Waals surface area contributed by atoms with Gasteiger partial charge < -0.3 is 34.2 Å². The van der Waals surface area contributed by atoms with Crippen LogP contribution < -0.4 is 5.32 Å². The first-order chi connectivity index (χ1) is 19.7. The Balaban J connectivity index is 0.000000174. The van der Waals surface area contributed by atoms with E-state index in [4.69, 9.17) is 14.2 Å². The maximum Gasteiger partial charge on any atom is 0.410 e. The number of carbonyl (C=O) groups is 3. The van der Waals surface area contributed by atoms with Gasteiger partial charge in [-0.15, -0.1) is 0 Å². The molecule has 0 bridgehead atoms. The predicted octanol–water partition coefficient (Wildman–Crippen LogP) is 3.46. The fourth-order valence-electron chi connectivity index (χ4n) is 7.74. The van der Waals surface area contributed by atoms with Crippen LogP contribution in [-0.2, 0) is 23.8 Å². The second-order valence-corrected chi connectivity index (χ2v) is 13.7. The van der Waals surface area contributed by atoms with E-state index in [-0.39, 0.29) is 42.7 Å². The Kier molecular flexibility index (Phi) is 10.1. The number of fused-ring (bicyclic) bond motifs is 2. The molecule has 0 aromatic carbocycles. The second kappa shape index (κ2) is 13.6. The van der Waals surface area contributed by atoms with Gasteiger partial charge in [0, 0.05) is 25.2 Å². The van der Waals surface area contributed by atoms with E-state index in [9.17, 15) is 14.4 Å². The summed E-state index contributed by atoms with van der Waals surface area (Å²) in [6, 6.07) is 1.29.